The highest BCUT2D eigenvalue weighted by Gasteiger charge is 2.12. The molecule has 0 saturated carbocycles. The van der Waals surface area contributed by atoms with E-state index in [0.29, 0.717) is 29.2 Å². The van der Waals surface area contributed by atoms with E-state index in [2.05, 4.69) is 10.6 Å². The lowest BCUT2D eigenvalue weighted by atomic mass is 10.1. The number of nitrogens with two attached hydrogens (primary N) is 1. The Hall–Kier alpha value is -2.69. The van der Waals surface area contributed by atoms with Crippen LogP contribution in [0.5, 0.6) is 5.75 Å². The molecule has 2 rings (SSSR count). The van der Waals surface area contributed by atoms with E-state index in [4.69, 9.17) is 10.5 Å². The smallest absolute Gasteiger partial charge is 0.253 e. The first kappa shape index (κ1) is 14.7. The molecule has 0 heterocycles. The minimum Gasteiger partial charge on any atom is -0.495 e. The Kier molecular flexibility index (Phi) is 4.66. The van der Waals surface area contributed by atoms with Gasteiger partial charge < -0.3 is 21.1 Å². The number of hydrogen-bond acceptors (Lipinski definition) is 4. The number of para-hydroxylation sites is 2. The molecule has 2 aromatic carbocycles. The summed E-state index contributed by atoms with van der Waals surface area (Å²) in [6.45, 7) is 2.44. The molecule has 0 atom stereocenters. The van der Waals surface area contributed by atoms with E-state index in [1.54, 1.807) is 25.3 Å². The molecule has 0 bridgehead atoms. The van der Waals surface area contributed by atoms with Crippen LogP contribution in [0.4, 0.5) is 17.1 Å². The van der Waals surface area contributed by atoms with Gasteiger partial charge in [0.25, 0.3) is 5.91 Å². The number of carbonyl (C=O) groups excluding carboxylic acids is 1. The molecule has 0 unspecified atom stereocenters. The second-order valence-corrected chi connectivity index (χ2v) is 4.49. The number of rotatable bonds is 5. The number of anilines is 3. The van der Waals surface area contributed by atoms with Gasteiger partial charge in [-0.15, -0.1) is 0 Å². The third kappa shape index (κ3) is 3.45. The zero-order valence-electron chi connectivity index (χ0n) is 12.1. The van der Waals surface area contributed by atoms with Crippen molar-refractivity contribution >= 4 is 23.0 Å². The fourth-order valence-corrected chi connectivity index (χ4v) is 2.01. The zero-order valence-corrected chi connectivity index (χ0v) is 12.1. The summed E-state index contributed by atoms with van der Waals surface area (Å²) in [6, 6.07) is 12.6. The quantitative estimate of drug-likeness (QED) is 0.738. The average molecular weight is 285 g/mol. The first-order valence-corrected chi connectivity index (χ1v) is 6.73. The monoisotopic (exact) mass is 285 g/mol. The average Bonchev–Trinajstić information content (AvgIpc) is 2.48. The van der Waals surface area contributed by atoms with E-state index in [9.17, 15) is 4.79 Å². The molecule has 0 radical (unpaired) electrons. The summed E-state index contributed by atoms with van der Waals surface area (Å²) in [5.41, 5.74) is 8.36. The highest BCUT2D eigenvalue weighted by molar-refractivity contribution is 6.01. The van der Waals surface area contributed by atoms with Crippen LogP contribution in [0, 0.1) is 0 Å². The first-order chi connectivity index (χ1) is 10.2. The Morgan fingerprint density at radius 1 is 1.19 bits per heavy atom. The molecule has 0 saturated heterocycles. The topological polar surface area (TPSA) is 76.4 Å². The van der Waals surface area contributed by atoms with Crippen LogP contribution in [0.25, 0.3) is 0 Å². The van der Waals surface area contributed by atoms with Crippen molar-refractivity contribution in [1.82, 2.24) is 5.32 Å². The van der Waals surface area contributed by atoms with E-state index in [0.717, 1.165) is 5.69 Å². The highest BCUT2D eigenvalue weighted by atomic mass is 16.5. The summed E-state index contributed by atoms with van der Waals surface area (Å²) in [7, 11) is 1.60. The fraction of sp³-hybridized carbons (Fsp3) is 0.188. The van der Waals surface area contributed by atoms with Crippen LogP contribution in [-0.4, -0.2) is 19.6 Å². The molecular formula is C16H19N3O2. The van der Waals surface area contributed by atoms with E-state index >= 15 is 0 Å². The maximum atomic E-state index is 12.1. The van der Waals surface area contributed by atoms with Gasteiger partial charge in [0.05, 0.1) is 24.0 Å². The van der Waals surface area contributed by atoms with Crippen molar-refractivity contribution in [3.8, 4) is 5.75 Å². The Balaban J connectivity index is 2.38. The molecule has 0 aliphatic heterocycles. The van der Waals surface area contributed by atoms with Gasteiger partial charge in [-0.2, -0.15) is 0 Å². The molecule has 0 fully saturated rings. The second kappa shape index (κ2) is 6.65. The molecule has 0 spiro atoms. The molecule has 0 aliphatic carbocycles. The summed E-state index contributed by atoms with van der Waals surface area (Å²) >= 11 is 0. The number of methoxy groups -OCH3 is 1. The van der Waals surface area contributed by atoms with Crippen molar-refractivity contribution in [1.29, 1.82) is 0 Å². The molecule has 4 N–H and O–H groups in total. The number of hydrogen-bond donors (Lipinski definition) is 3. The summed E-state index contributed by atoms with van der Waals surface area (Å²) in [5, 5.41) is 5.99. The molecular weight excluding hydrogens is 266 g/mol. The van der Waals surface area contributed by atoms with Crippen LogP contribution in [-0.2, 0) is 0 Å². The predicted molar refractivity (Wildman–Crippen MR) is 85.1 cm³/mol. The number of nitrogen functional groups attached to an aromatic ring is 1. The fourth-order valence-electron chi connectivity index (χ4n) is 2.01. The number of ether oxygens (including phenoxy) is 1. The van der Waals surface area contributed by atoms with E-state index < -0.39 is 0 Å². The van der Waals surface area contributed by atoms with Crippen molar-refractivity contribution < 1.29 is 9.53 Å². The van der Waals surface area contributed by atoms with Gasteiger partial charge >= 0.3 is 0 Å². The van der Waals surface area contributed by atoms with Crippen LogP contribution in [0.15, 0.2) is 42.5 Å². The lowest BCUT2D eigenvalue weighted by molar-refractivity contribution is 0.0956. The minimum absolute atomic E-state index is 0.144. The van der Waals surface area contributed by atoms with Gasteiger partial charge in [-0.1, -0.05) is 12.1 Å². The van der Waals surface area contributed by atoms with Gasteiger partial charge in [-0.25, -0.2) is 0 Å². The Morgan fingerprint density at radius 2 is 1.95 bits per heavy atom. The molecule has 0 aromatic heterocycles. The number of nitrogens with one attached hydrogen (secondary N) is 2. The standard InChI is InChI=1S/C16H19N3O2/c1-3-18-16(20)12-9-8-11(17)10-14(12)19-13-6-4-5-7-15(13)21-2/h4-10,19H,3,17H2,1-2H3,(H,18,20). The Bertz CT molecular complexity index is 641. The van der Waals surface area contributed by atoms with Gasteiger partial charge in [0.1, 0.15) is 5.75 Å². The van der Waals surface area contributed by atoms with Crippen LogP contribution in [0.3, 0.4) is 0 Å². The van der Waals surface area contributed by atoms with Crippen molar-refractivity contribution in [2.24, 2.45) is 0 Å². The summed E-state index contributed by atoms with van der Waals surface area (Å²) in [4.78, 5) is 12.1. The normalized spacial score (nSPS) is 10.0. The largest absolute Gasteiger partial charge is 0.495 e. The predicted octanol–water partition coefficient (Wildman–Crippen LogP) is 2.77. The molecule has 5 nitrogen and oxygen atoms in total. The van der Waals surface area contributed by atoms with Gasteiger partial charge in [0.2, 0.25) is 0 Å². The second-order valence-electron chi connectivity index (χ2n) is 4.49. The number of amides is 1. The third-order valence-electron chi connectivity index (χ3n) is 3.00. The molecule has 5 heteroatoms. The van der Waals surface area contributed by atoms with Gasteiger partial charge in [0.15, 0.2) is 0 Å². The van der Waals surface area contributed by atoms with Crippen molar-refractivity contribution in [2.45, 2.75) is 6.92 Å². The Labute approximate surface area is 124 Å². The van der Waals surface area contributed by atoms with E-state index in [1.165, 1.54) is 0 Å². The lowest BCUT2D eigenvalue weighted by Gasteiger charge is -2.15. The molecule has 2 aromatic rings. The Morgan fingerprint density at radius 3 is 2.67 bits per heavy atom. The van der Waals surface area contributed by atoms with Gasteiger partial charge in [-0.05, 0) is 37.3 Å². The van der Waals surface area contributed by atoms with Gasteiger partial charge in [-0.3, -0.25) is 4.79 Å². The SMILES string of the molecule is CCNC(=O)c1ccc(N)cc1Nc1ccccc1OC. The van der Waals surface area contributed by atoms with Crippen LogP contribution in [0.1, 0.15) is 17.3 Å². The van der Waals surface area contributed by atoms with E-state index in [-0.39, 0.29) is 5.91 Å². The number of carbonyl (C=O) groups is 1. The van der Waals surface area contributed by atoms with Crippen molar-refractivity contribution in [3.05, 3.63) is 48.0 Å². The highest BCUT2D eigenvalue weighted by Crippen LogP contribution is 2.29. The minimum atomic E-state index is -0.144. The summed E-state index contributed by atoms with van der Waals surface area (Å²) in [5.74, 6) is 0.552. The lowest BCUT2D eigenvalue weighted by Crippen LogP contribution is -2.23. The maximum absolute atomic E-state index is 12.1. The first-order valence-electron chi connectivity index (χ1n) is 6.73. The number of benzene rings is 2. The molecule has 21 heavy (non-hydrogen) atoms. The van der Waals surface area contributed by atoms with Crippen LogP contribution < -0.4 is 21.1 Å². The molecule has 0 aliphatic rings. The van der Waals surface area contributed by atoms with Crippen LogP contribution in [0.2, 0.25) is 0 Å². The summed E-state index contributed by atoms with van der Waals surface area (Å²) in [6.07, 6.45) is 0. The zero-order chi connectivity index (χ0) is 15.2. The van der Waals surface area contributed by atoms with Crippen molar-refractivity contribution in [3.63, 3.8) is 0 Å². The van der Waals surface area contributed by atoms with Crippen molar-refractivity contribution in [2.75, 3.05) is 24.7 Å². The molecule has 110 valence electrons. The van der Waals surface area contributed by atoms with E-state index in [1.807, 2.05) is 31.2 Å². The maximum Gasteiger partial charge on any atom is 0.253 e. The van der Waals surface area contributed by atoms with Crippen LogP contribution >= 0.6 is 0 Å². The molecule has 1 amide bonds. The summed E-state index contributed by atoms with van der Waals surface area (Å²) < 4.78 is 5.30. The van der Waals surface area contributed by atoms with Gasteiger partial charge in [0, 0.05) is 12.2 Å². The third-order valence-corrected chi connectivity index (χ3v) is 3.00.